The van der Waals surface area contributed by atoms with Crippen molar-refractivity contribution in [2.45, 2.75) is 19.3 Å². The van der Waals surface area contributed by atoms with Gasteiger partial charge in [-0.2, -0.15) is 0 Å². The minimum Gasteiger partial charge on any atom is -0.481 e. The Morgan fingerprint density at radius 1 is 1.55 bits per heavy atom. The summed E-state index contributed by atoms with van der Waals surface area (Å²) in [6.07, 6.45) is 2.28. The van der Waals surface area contributed by atoms with E-state index in [2.05, 4.69) is 0 Å². The Balaban J connectivity index is 2.13. The molecule has 3 heteroatoms. The van der Waals surface area contributed by atoms with Gasteiger partial charge in [0, 0.05) is 0 Å². The number of carbonyl (C=O) groups is 1. The lowest BCUT2D eigenvalue weighted by Crippen LogP contribution is -2.31. The number of alkyl halides is 1. The second kappa shape index (κ2) is 1.96. The summed E-state index contributed by atoms with van der Waals surface area (Å²) < 4.78 is 12.4. The van der Waals surface area contributed by atoms with Crippen LogP contribution in [0.25, 0.3) is 0 Å². The Morgan fingerprint density at radius 2 is 2.09 bits per heavy atom. The van der Waals surface area contributed by atoms with Gasteiger partial charge in [0.05, 0.1) is 5.41 Å². The molecule has 0 radical (unpaired) electrons. The number of fused-ring (bicyclic) bond motifs is 1. The lowest BCUT2D eigenvalue weighted by atomic mass is 9.85. The van der Waals surface area contributed by atoms with Gasteiger partial charge in [0.15, 0.2) is 0 Å². The summed E-state index contributed by atoms with van der Waals surface area (Å²) in [7, 11) is 0. The molecule has 0 saturated heterocycles. The summed E-state index contributed by atoms with van der Waals surface area (Å²) in [6, 6.07) is 0. The number of aliphatic carboxylic acids is 1. The predicted molar refractivity (Wildman–Crippen MR) is 36.9 cm³/mol. The van der Waals surface area contributed by atoms with E-state index in [4.69, 9.17) is 5.11 Å². The third-order valence-corrected chi connectivity index (χ3v) is 3.08. The molecule has 0 heterocycles. The van der Waals surface area contributed by atoms with Crippen molar-refractivity contribution < 1.29 is 14.3 Å². The van der Waals surface area contributed by atoms with Gasteiger partial charge in [-0.25, -0.2) is 4.39 Å². The summed E-state index contributed by atoms with van der Waals surface area (Å²) >= 11 is 0. The SMILES string of the molecule is O=C(O)C1(CF)CC2CC2C1. The minimum atomic E-state index is -0.992. The molecule has 2 aliphatic rings. The Morgan fingerprint density at radius 3 is 2.36 bits per heavy atom. The summed E-state index contributed by atoms with van der Waals surface area (Å²) in [5, 5.41) is 8.76. The van der Waals surface area contributed by atoms with E-state index in [1.165, 1.54) is 0 Å². The maximum atomic E-state index is 12.4. The molecule has 62 valence electrons. The van der Waals surface area contributed by atoms with Crippen LogP contribution in [0, 0.1) is 17.3 Å². The summed E-state index contributed by atoms with van der Waals surface area (Å²) in [5.74, 6) is 0.121. The molecule has 2 aliphatic carbocycles. The van der Waals surface area contributed by atoms with E-state index in [0.29, 0.717) is 24.7 Å². The predicted octanol–water partition coefficient (Wildman–Crippen LogP) is 1.46. The van der Waals surface area contributed by atoms with Gasteiger partial charge in [0.1, 0.15) is 6.67 Å². The highest BCUT2D eigenvalue weighted by molar-refractivity contribution is 5.75. The fraction of sp³-hybridized carbons (Fsp3) is 0.875. The van der Waals surface area contributed by atoms with Crippen LogP contribution in [0.2, 0.25) is 0 Å². The van der Waals surface area contributed by atoms with E-state index < -0.39 is 18.1 Å². The van der Waals surface area contributed by atoms with Crippen LogP contribution in [0.15, 0.2) is 0 Å². The van der Waals surface area contributed by atoms with E-state index in [9.17, 15) is 9.18 Å². The van der Waals surface area contributed by atoms with Gasteiger partial charge in [0.2, 0.25) is 0 Å². The topological polar surface area (TPSA) is 37.3 Å². The standard InChI is InChI=1S/C8H11FO2/c9-4-8(7(10)11)2-5-1-6(5)3-8/h5-6H,1-4H2,(H,10,11). The van der Waals surface area contributed by atoms with Gasteiger partial charge in [0.25, 0.3) is 0 Å². The van der Waals surface area contributed by atoms with Gasteiger partial charge in [-0.1, -0.05) is 0 Å². The van der Waals surface area contributed by atoms with Crippen LogP contribution in [-0.4, -0.2) is 17.8 Å². The molecular formula is C8H11FO2. The molecule has 0 aromatic heterocycles. The molecular weight excluding hydrogens is 147 g/mol. The molecule has 0 aliphatic heterocycles. The minimum absolute atomic E-state index is 0.529. The molecule has 2 rings (SSSR count). The number of carboxylic acids is 1. The maximum Gasteiger partial charge on any atom is 0.312 e. The first-order valence-corrected chi connectivity index (χ1v) is 3.97. The third kappa shape index (κ3) is 0.865. The fourth-order valence-corrected chi connectivity index (χ4v) is 2.24. The van der Waals surface area contributed by atoms with Crippen LogP contribution in [0.5, 0.6) is 0 Å². The molecule has 2 saturated carbocycles. The van der Waals surface area contributed by atoms with Crippen molar-refractivity contribution in [1.82, 2.24) is 0 Å². The van der Waals surface area contributed by atoms with Crippen LogP contribution >= 0.6 is 0 Å². The van der Waals surface area contributed by atoms with Crippen molar-refractivity contribution in [1.29, 1.82) is 0 Å². The smallest absolute Gasteiger partial charge is 0.312 e. The molecule has 2 unspecified atom stereocenters. The molecule has 0 aromatic rings. The van der Waals surface area contributed by atoms with Crippen molar-refractivity contribution in [2.75, 3.05) is 6.67 Å². The zero-order valence-corrected chi connectivity index (χ0v) is 6.22. The molecule has 2 fully saturated rings. The zero-order chi connectivity index (χ0) is 8.06. The molecule has 0 spiro atoms. The van der Waals surface area contributed by atoms with E-state index >= 15 is 0 Å². The van der Waals surface area contributed by atoms with Crippen molar-refractivity contribution >= 4 is 5.97 Å². The largest absolute Gasteiger partial charge is 0.481 e. The fourth-order valence-electron chi connectivity index (χ4n) is 2.24. The Labute approximate surface area is 64.4 Å². The highest BCUT2D eigenvalue weighted by atomic mass is 19.1. The monoisotopic (exact) mass is 158 g/mol. The van der Waals surface area contributed by atoms with Crippen LogP contribution in [0.4, 0.5) is 4.39 Å². The summed E-state index contributed by atoms with van der Waals surface area (Å²) in [6.45, 7) is -0.685. The zero-order valence-electron chi connectivity index (χ0n) is 6.22. The summed E-state index contributed by atoms with van der Waals surface area (Å²) in [4.78, 5) is 10.7. The van der Waals surface area contributed by atoms with Crippen LogP contribution in [0.3, 0.4) is 0 Å². The average Bonchev–Trinajstić information content (AvgIpc) is 2.59. The van der Waals surface area contributed by atoms with Crippen molar-refractivity contribution in [3.63, 3.8) is 0 Å². The van der Waals surface area contributed by atoms with Crippen molar-refractivity contribution in [2.24, 2.45) is 17.3 Å². The lowest BCUT2D eigenvalue weighted by Gasteiger charge is -2.21. The lowest BCUT2D eigenvalue weighted by molar-refractivity contribution is -0.150. The maximum absolute atomic E-state index is 12.4. The molecule has 2 atom stereocenters. The second-order valence-electron chi connectivity index (χ2n) is 3.88. The Kier molecular flexibility index (Phi) is 1.26. The molecule has 0 aromatic carbocycles. The number of halogens is 1. The third-order valence-electron chi connectivity index (χ3n) is 3.08. The molecule has 11 heavy (non-hydrogen) atoms. The second-order valence-corrected chi connectivity index (χ2v) is 3.88. The molecule has 0 bridgehead atoms. The van der Waals surface area contributed by atoms with Gasteiger partial charge in [-0.15, -0.1) is 0 Å². The quantitative estimate of drug-likeness (QED) is 0.660. The Bertz CT molecular complexity index is 192. The number of hydrogen-bond acceptors (Lipinski definition) is 1. The highest BCUT2D eigenvalue weighted by Crippen LogP contribution is 2.60. The van der Waals surface area contributed by atoms with Gasteiger partial charge in [-0.3, -0.25) is 4.79 Å². The average molecular weight is 158 g/mol. The molecule has 0 amide bonds. The number of carboxylic acid groups (broad SMARTS) is 1. The first kappa shape index (κ1) is 7.07. The highest BCUT2D eigenvalue weighted by Gasteiger charge is 2.57. The van der Waals surface area contributed by atoms with Crippen LogP contribution < -0.4 is 0 Å². The van der Waals surface area contributed by atoms with Gasteiger partial charge in [-0.05, 0) is 31.1 Å². The molecule has 2 nitrogen and oxygen atoms in total. The van der Waals surface area contributed by atoms with Crippen LogP contribution in [0.1, 0.15) is 19.3 Å². The van der Waals surface area contributed by atoms with Gasteiger partial charge >= 0.3 is 5.97 Å². The van der Waals surface area contributed by atoms with E-state index in [1.807, 2.05) is 0 Å². The Hall–Kier alpha value is -0.600. The number of rotatable bonds is 2. The van der Waals surface area contributed by atoms with E-state index in [1.54, 1.807) is 0 Å². The van der Waals surface area contributed by atoms with E-state index in [0.717, 1.165) is 6.42 Å². The first-order chi connectivity index (χ1) is 5.18. The van der Waals surface area contributed by atoms with E-state index in [-0.39, 0.29) is 0 Å². The molecule has 1 N–H and O–H groups in total. The summed E-state index contributed by atoms with van der Waals surface area (Å²) in [5.41, 5.74) is -0.992. The van der Waals surface area contributed by atoms with Gasteiger partial charge < -0.3 is 5.11 Å². The normalized spacial score (nSPS) is 47.0. The van der Waals surface area contributed by atoms with Crippen molar-refractivity contribution in [3.8, 4) is 0 Å². The van der Waals surface area contributed by atoms with Crippen molar-refractivity contribution in [3.05, 3.63) is 0 Å². The van der Waals surface area contributed by atoms with Crippen LogP contribution in [-0.2, 0) is 4.79 Å². The first-order valence-electron chi connectivity index (χ1n) is 3.97. The number of hydrogen-bond donors (Lipinski definition) is 1.